The van der Waals surface area contributed by atoms with E-state index in [0.717, 1.165) is 13.1 Å². The number of hydrogen-bond donors (Lipinski definition) is 0. The maximum atomic E-state index is 13.4. The standard InChI is InChI=1S/C22H23ClFN3O2/c1-15-3-2-4-17(11-15)25-7-9-26(10-8-25)22(29)16-12-21(28)27(14-16)18-5-6-20(24)19(23)13-18/h2-6,11,13,16H,7-10,12,14H2,1H3/t16-/m1/s1. The summed E-state index contributed by atoms with van der Waals surface area (Å²) in [6.07, 6.45) is 0.173. The van der Waals surface area contributed by atoms with Crippen molar-refractivity contribution in [3.8, 4) is 0 Å². The van der Waals surface area contributed by atoms with Crippen molar-refractivity contribution in [3.63, 3.8) is 0 Å². The summed E-state index contributed by atoms with van der Waals surface area (Å²) >= 11 is 5.84. The highest BCUT2D eigenvalue weighted by Crippen LogP contribution is 2.29. The Hall–Kier alpha value is -2.60. The average Bonchev–Trinajstić information content (AvgIpc) is 3.11. The molecule has 29 heavy (non-hydrogen) atoms. The average molecular weight is 416 g/mol. The second-order valence-electron chi connectivity index (χ2n) is 7.66. The number of nitrogens with zero attached hydrogens (tertiary/aromatic N) is 3. The number of benzene rings is 2. The summed E-state index contributed by atoms with van der Waals surface area (Å²) in [7, 11) is 0. The number of amides is 2. The minimum Gasteiger partial charge on any atom is -0.368 e. The Labute approximate surface area is 174 Å². The van der Waals surface area contributed by atoms with Crippen molar-refractivity contribution < 1.29 is 14.0 Å². The van der Waals surface area contributed by atoms with Crippen LogP contribution in [0.4, 0.5) is 15.8 Å². The van der Waals surface area contributed by atoms with E-state index >= 15 is 0 Å². The molecule has 4 rings (SSSR count). The van der Waals surface area contributed by atoms with E-state index in [2.05, 4.69) is 30.0 Å². The first kappa shape index (κ1) is 19.7. The Morgan fingerprint density at radius 3 is 2.52 bits per heavy atom. The molecular formula is C22H23ClFN3O2. The van der Waals surface area contributed by atoms with Gasteiger partial charge in [-0.3, -0.25) is 9.59 Å². The number of rotatable bonds is 3. The minimum atomic E-state index is -0.527. The monoisotopic (exact) mass is 415 g/mol. The molecule has 152 valence electrons. The number of carbonyl (C=O) groups excluding carboxylic acids is 2. The van der Waals surface area contributed by atoms with Crippen LogP contribution in [0.15, 0.2) is 42.5 Å². The van der Waals surface area contributed by atoms with Crippen LogP contribution < -0.4 is 9.80 Å². The van der Waals surface area contributed by atoms with Crippen molar-refractivity contribution in [3.05, 3.63) is 58.9 Å². The Balaban J connectivity index is 1.38. The molecule has 2 aromatic rings. The van der Waals surface area contributed by atoms with Crippen LogP contribution in [0.3, 0.4) is 0 Å². The first-order valence-electron chi connectivity index (χ1n) is 9.78. The van der Waals surface area contributed by atoms with Crippen LogP contribution in [0.25, 0.3) is 0 Å². The van der Waals surface area contributed by atoms with Gasteiger partial charge < -0.3 is 14.7 Å². The molecule has 0 bridgehead atoms. The fourth-order valence-corrected chi connectivity index (χ4v) is 4.22. The molecule has 2 aliphatic rings. The van der Waals surface area contributed by atoms with E-state index in [1.807, 2.05) is 11.0 Å². The third-order valence-corrected chi connectivity index (χ3v) is 5.94. The summed E-state index contributed by atoms with van der Waals surface area (Å²) in [5, 5.41) is -0.0302. The lowest BCUT2D eigenvalue weighted by molar-refractivity contribution is -0.136. The molecule has 2 fully saturated rings. The Bertz CT molecular complexity index is 943. The molecule has 0 N–H and O–H groups in total. The number of anilines is 2. The molecule has 0 unspecified atom stereocenters. The molecule has 2 saturated heterocycles. The van der Waals surface area contributed by atoms with E-state index in [1.165, 1.54) is 34.3 Å². The molecule has 7 heteroatoms. The van der Waals surface area contributed by atoms with Crippen molar-refractivity contribution in [2.45, 2.75) is 13.3 Å². The maximum absolute atomic E-state index is 13.4. The lowest BCUT2D eigenvalue weighted by Gasteiger charge is -2.37. The third kappa shape index (κ3) is 4.08. The van der Waals surface area contributed by atoms with Gasteiger partial charge in [-0.2, -0.15) is 0 Å². The molecule has 5 nitrogen and oxygen atoms in total. The van der Waals surface area contributed by atoms with Gasteiger partial charge in [0.15, 0.2) is 0 Å². The molecule has 0 aromatic heterocycles. The second-order valence-corrected chi connectivity index (χ2v) is 8.06. The van der Waals surface area contributed by atoms with Crippen molar-refractivity contribution in [2.75, 3.05) is 42.5 Å². The van der Waals surface area contributed by atoms with Gasteiger partial charge in [0.1, 0.15) is 5.82 Å². The molecule has 2 amide bonds. The number of piperazine rings is 1. The van der Waals surface area contributed by atoms with Gasteiger partial charge in [0, 0.05) is 50.5 Å². The van der Waals surface area contributed by atoms with E-state index in [9.17, 15) is 14.0 Å². The van der Waals surface area contributed by atoms with E-state index in [0.29, 0.717) is 25.3 Å². The first-order chi connectivity index (χ1) is 13.9. The van der Waals surface area contributed by atoms with Gasteiger partial charge in [-0.1, -0.05) is 23.7 Å². The van der Waals surface area contributed by atoms with Crippen LogP contribution in [-0.2, 0) is 9.59 Å². The van der Waals surface area contributed by atoms with Crippen LogP contribution in [0, 0.1) is 18.7 Å². The molecule has 2 heterocycles. The first-order valence-corrected chi connectivity index (χ1v) is 10.2. The smallest absolute Gasteiger partial charge is 0.228 e. The van der Waals surface area contributed by atoms with Crippen molar-refractivity contribution in [2.24, 2.45) is 5.92 Å². The van der Waals surface area contributed by atoms with Crippen molar-refractivity contribution in [1.29, 1.82) is 0 Å². The minimum absolute atomic E-state index is 0.0120. The van der Waals surface area contributed by atoms with Gasteiger partial charge in [-0.25, -0.2) is 4.39 Å². The van der Waals surface area contributed by atoms with Crippen LogP contribution in [0.2, 0.25) is 5.02 Å². The Kier molecular flexibility index (Phi) is 5.46. The largest absolute Gasteiger partial charge is 0.368 e. The Morgan fingerprint density at radius 2 is 1.83 bits per heavy atom. The van der Waals surface area contributed by atoms with Crippen LogP contribution in [-0.4, -0.2) is 49.4 Å². The lowest BCUT2D eigenvalue weighted by atomic mass is 10.1. The molecule has 0 spiro atoms. The summed E-state index contributed by atoms with van der Waals surface area (Å²) < 4.78 is 13.4. The molecule has 0 aliphatic carbocycles. The van der Waals surface area contributed by atoms with Gasteiger partial charge in [0.05, 0.1) is 10.9 Å². The maximum Gasteiger partial charge on any atom is 0.228 e. The normalized spacial score (nSPS) is 19.8. The summed E-state index contributed by atoms with van der Waals surface area (Å²) in [4.78, 5) is 31.1. The lowest BCUT2D eigenvalue weighted by Crippen LogP contribution is -2.50. The summed E-state index contributed by atoms with van der Waals surface area (Å²) in [5.74, 6) is -1.03. The highest BCUT2D eigenvalue weighted by Gasteiger charge is 2.38. The van der Waals surface area contributed by atoms with Crippen molar-refractivity contribution >= 4 is 34.8 Å². The van der Waals surface area contributed by atoms with Gasteiger partial charge >= 0.3 is 0 Å². The quantitative estimate of drug-likeness (QED) is 0.770. The molecule has 2 aromatic carbocycles. The molecular weight excluding hydrogens is 393 g/mol. The summed E-state index contributed by atoms with van der Waals surface area (Å²) in [6.45, 7) is 5.19. The fourth-order valence-electron chi connectivity index (χ4n) is 4.04. The highest BCUT2D eigenvalue weighted by atomic mass is 35.5. The van der Waals surface area contributed by atoms with Crippen LogP contribution in [0.1, 0.15) is 12.0 Å². The number of aryl methyl sites for hydroxylation is 1. The predicted octanol–water partition coefficient (Wildman–Crippen LogP) is 3.49. The molecule has 0 saturated carbocycles. The van der Waals surface area contributed by atoms with Crippen LogP contribution >= 0.6 is 11.6 Å². The zero-order chi connectivity index (χ0) is 20.5. The highest BCUT2D eigenvalue weighted by molar-refractivity contribution is 6.31. The summed E-state index contributed by atoms with van der Waals surface area (Å²) in [5.41, 5.74) is 2.92. The second kappa shape index (κ2) is 8.03. The third-order valence-electron chi connectivity index (χ3n) is 5.65. The molecule has 2 aliphatic heterocycles. The summed E-state index contributed by atoms with van der Waals surface area (Å²) in [6, 6.07) is 12.5. The zero-order valence-corrected chi connectivity index (χ0v) is 17.0. The van der Waals surface area contributed by atoms with Crippen LogP contribution in [0.5, 0.6) is 0 Å². The number of carbonyl (C=O) groups is 2. The van der Waals surface area contributed by atoms with E-state index in [-0.39, 0.29) is 29.2 Å². The van der Waals surface area contributed by atoms with Gasteiger partial charge in [-0.15, -0.1) is 0 Å². The number of hydrogen-bond acceptors (Lipinski definition) is 3. The van der Waals surface area contributed by atoms with E-state index in [1.54, 1.807) is 0 Å². The number of halogens is 2. The fraction of sp³-hybridized carbons (Fsp3) is 0.364. The topological polar surface area (TPSA) is 43.9 Å². The Morgan fingerprint density at radius 1 is 1.07 bits per heavy atom. The van der Waals surface area contributed by atoms with E-state index in [4.69, 9.17) is 11.6 Å². The molecule has 0 radical (unpaired) electrons. The van der Waals surface area contributed by atoms with Gasteiger partial charge in [0.2, 0.25) is 11.8 Å². The van der Waals surface area contributed by atoms with E-state index < -0.39 is 5.82 Å². The van der Waals surface area contributed by atoms with Gasteiger partial charge in [0.25, 0.3) is 0 Å². The zero-order valence-electron chi connectivity index (χ0n) is 16.3. The van der Waals surface area contributed by atoms with Crippen molar-refractivity contribution in [1.82, 2.24) is 4.90 Å². The van der Waals surface area contributed by atoms with Gasteiger partial charge in [-0.05, 0) is 42.8 Å². The molecule has 1 atom stereocenters. The predicted molar refractivity (Wildman–Crippen MR) is 112 cm³/mol. The SMILES string of the molecule is Cc1cccc(N2CCN(C(=O)[C@@H]3CC(=O)N(c4ccc(F)c(Cl)c4)C3)CC2)c1.